The summed E-state index contributed by atoms with van der Waals surface area (Å²) in [5.41, 5.74) is 2.36. The Kier molecular flexibility index (Phi) is 4.87. The van der Waals surface area contributed by atoms with Crippen molar-refractivity contribution in [3.05, 3.63) is 34.5 Å². The number of fused-ring (bicyclic) bond motifs is 1. The molecular weight excluding hydrogens is 396 g/mol. The van der Waals surface area contributed by atoms with Gasteiger partial charge in [-0.25, -0.2) is 23.2 Å². The van der Waals surface area contributed by atoms with Crippen LogP contribution in [0.3, 0.4) is 0 Å². The number of aromatic nitrogens is 5. The minimum atomic E-state index is -3.39. The smallest absolute Gasteiger partial charge is 0.330 e. The van der Waals surface area contributed by atoms with Crippen LogP contribution in [0, 0.1) is 6.92 Å². The van der Waals surface area contributed by atoms with Gasteiger partial charge in [0.25, 0.3) is 0 Å². The third kappa shape index (κ3) is 3.62. The highest BCUT2D eigenvalue weighted by molar-refractivity contribution is 7.90. The molecule has 1 fully saturated rings. The predicted octanol–water partition coefficient (Wildman–Crippen LogP) is 1.33. The van der Waals surface area contributed by atoms with Crippen molar-refractivity contribution in [2.75, 3.05) is 24.8 Å². The van der Waals surface area contributed by atoms with Crippen molar-refractivity contribution in [1.82, 2.24) is 24.1 Å². The number of aryl methyl sites for hydroxylation is 2. The molecule has 154 valence electrons. The van der Waals surface area contributed by atoms with Crippen LogP contribution in [0.4, 0.5) is 11.6 Å². The van der Waals surface area contributed by atoms with E-state index < -0.39 is 9.84 Å². The summed E-state index contributed by atoms with van der Waals surface area (Å²) in [5, 5.41) is 3.08. The van der Waals surface area contributed by atoms with Crippen molar-refractivity contribution < 1.29 is 13.2 Å². The van der Waals surface area contributed by atoms with Gasteiger partial charge in [0, 0.05) is 32.6 Å². The molecule has 1 aliphatic heterocycles. The van der Waals surface area contributed by atoms with E-state index in [9.17, 15) is 13.2 Å². The minimum Gasteiger partial charge on any atom is -0.381 e. The number of sulfone groups is 1. The first-order valence-corrected chi connectivity index (χ1v) is 11.1. The van der Waals surface area contributed by atoms with Crippen LogP contribution < -0.4 is 11.0 Å². The molecule has 0 radical (unpaired) electrons. The predicted molar refractivity (Wildman–Crippen MR) is 107 cm³/mol. The molecule has 1 aliphatic rings. The van der Waals surface area contributed by atoms with Crippen molar-refractivity contribution >= 4 is 32.6 Å². The molecule has 0 aliphatic carbocycles. The average molecular weight is 418 g/mol. The van der Waals surface area contributed by atoms with Gasteiger partial charge in [0.2, 0.25) is 5.95 Å². The van der Waals surface area contributed by atoms with Crippen LogP contribution in [0.5, 0.6) is 0 Å². The maximum absolute atomic E-state index is 12.8. The molecule has 4 heterocycles. The molecule has 3 aromatic rings. The second kappa shape index (κ2) is 7.23. The van der Waals surface area contributed by atoms with Gasteiger partial charge >= 0.3 is 5.69 Å². The van der Waals surface area contributed by atoms with Gasteiger partial charge in [-0.1, -0.05) is 0 Å². The Morgan fingerprint density at radius 1 is 1.21 bits per heavy atom. The number of hydrogen-bond donors (Lipinski definition) is 1. The van der Waals surface area contributed by atoms with Gasteiger partial charge in [-0.2, -0.15) is 4.98 Å². The Hall–Kier alpha value is -2.79. The molecule has 0 aromatic carbocycles. The number of ether oxygens (including phenoxy) is 1. The van der Waals surface area contributed by atoms with Gasteiger partial charge in [0.15, 0.2) is 20.5 Å². The van der Waals surface area contributed by atoms with Gasteiger partial charge in [-0.3, -0.25) is 9.13 Å². The number of rotatable bonds is 4. The van der Waals surface area contributed by atoms with Gasteiger partial charge in [-0.15, -0.1) is 0 Å². The molecule has 0 saturated carbocycles. The lowest BCUT2D eigenvalue weighted by molar-refractivity contribution is 0.0695. The van der Waals surface area contributed by atoms with E-state index in [1.165, 1.54) is 12.3 Å². The van der Waals surface area contributed by atoms with Crippen molar-refractivity contribution in [2.45, 2.75) is 30.8 Å². The first-order valence-electron chi connectivity index (χ1n) is 9.21. The second-order valence-corrected chi connectivity index (χ2v) is 9.15. The zero-order chi connectivity index (χ0) is 20.8. The summed E-state index contributed by atoms with van der Waals surface area (Å²) >= 11 is 0. The number of nitrogens with one attached hydrogen (secondary N) is 1. The highest BCUT2D eigenvalue weighted by Gasteiger charge is 2.23. The topological polar surface area (TPSA) is 121 Å². The fourth-order valence-electron chi connectivity index (χ4n) is 3.45. The Morgan fingerprint density at radius 2 is 1.93 bits per heavy atom. The summed E-state index contributed by atoms with van der Waals surface area (Å²) in [6.45, 7) is 3.00. The monoisotopic (exact) mass is 418 g/mol. The van der Waals surface area contributed by atoms with E-state index in [1.54, 1.807) is 29.3 Å². The van der Waals surface area contributed by atoms with E-state index in [0.717, 1.165) is 19.1 Å². The molecular formula is C18H22N6O4S. The van der Waals surface area contributed by atoms with Gasteiger partial charge in [0.1, 0.15) is 5.52 Å². The molecule has 0 spiro atoms. The van der Waals surface area contributed by atoms with Crippen molar-refractivity contribution in [3.63, 3.8) is 0 Å². The number of pyridine rings is 1. The third-order valence-electron chi connectivity index (χ3n) is 5.10. The highest BCUT2D eigenvalue weighted by atomic mass is 32.2. The van der Waals surface area contributed by atoms with E-state index in [4.69, 9.17) is 4.74 Å². The largest absolute Gasteiger partial charge is 0.381 e. The summed E-state index contributed by atoms with van der Waals surface area (Å²) in [7, 11) is -1.68. The van der Waals surface area contributed by atoms with Gasteiger partial charge in [-0.05, 0) is 31.4 Å². The Balaban J connectivity index is 1.73. The van der Waals surface area contributed by atoms with Gasteiger partial charge in [0.05, 0.1) is 18.1 Å². The normalized spacial score (nSPS) is 15.7. The quantitative estimate of drug-likeness (QED) is 0.674. The second-order valence-electron chi connectivity index (χ2n) is 7.19. The summed E-state index contributed by atoms with van der Waals surface area (Å²) in [5.74, 6) is 0.306. The summed E-state index contributed by atoms with van der Waals surface area (Å²) in [6.07, 6.45) is 5.67. The average Bonchev–Trinajstić information content (AvgIpc) is 2.93. The minimum absolute atomic E-state index is 0.00772. The molecule has 10 nitrogen and oxygen atoms in total. The summed E-state index contributed by atoms with van der Waals surface area (Å²) in [6, 6.07) is 1.52. The zero-order valence-electron chi connectivity index (χ0n) is 16.4. The van der Waals surface area contributed by atoms with Crippen LogP contribution in [0.2, 0.25) is 0 Å². The number of imidazole rings is 1. The number of anilines is 2. The SMILES string of the molecule is Cc1cc(S(C)(=O)=O)ncc1Nc1ncc2c(n1)n(C1CCOCC1)c(=O)n2C. The lowest BCUT2D eigenvalue weighted by Crippen LogP contribution is -2.30. The number of nitrogens with zero attached hydrogens (tertiary/aromatic N) is 5. The molecule has 1 saturated heterocycles. The Morgan fingerprint density at radius 3 is 2.59 bits per heavy atom. The fraction of sp³-hybridized carbons (Fsp3) is 0.444. The molecule has 3 aromatic heterocycles. The zero-order valence-corrected chi connectivity index (χ0v) is 17.2. The van der Waals surface area contributed by atoms with E-state index in [1.807, 2.05) is 0 Å². The lowest BCUT2D eigenvalue weighted by atomic mass is 10.1. The molecule has 29 heavy (non-hydrogen) atoms. The van der Waals surface area contributed by atoms with Crippen LogP contribution in [0.25, 0.3) is 11.2 Å². The van der Waals surface area contributed by atoms with Crippen LogP contribution in [-0.2, 0) is 21.6 Å². The van der Waals surface area contributed by atoms with Crippen LogP contribution in [0.1, 0.15) is 24.4 Å². The Labute approximate surface area is 167 Å². The van der Waals surface area contributed by atoms with Crippen molar-refractivity contribution in [1.29, 1.82) is 0 Å². The summed E-state index contributed by atoms with van der Waals surface area (Å²) < 4.78 is 32.0. The molecule has 0 bridgehead atoms. The van der Waals surface area contributed by atoms with E-state index in [0.29, 0.717) is 41.6 Å². The van der Waals surface area contributed by atoms with E-state index in [2.05, 4.69) is 20.3 Å². The van der Waals surface area contributed by atoms with Crippen molar-refractivity contribution in [3.8, 4) is 0 Å². The lowest BCUT2D eigenvalue weighted by Gasteiger charge is -2.22. The molecule has 11 heteroatoms. The first-order chi connectivity index (χ1) is 13.8. The molecule has 4 rings (SSSR count). The summed E-state index contributed by atoms with van der Waals surface area (Å²) in [4.78, 5) is 25.7. The van der Waals surface area contributed by atoms with E-state index in [-0.39, 0.29) is 16.8 Å². The standard InChI is InChI=1S/C18H22N6O4S/c1-11-8-15(29(3,26)27)19-9-13(11)21-17-20-10-14-16(22-17)24(18(25)23(14)2)12-4-6-28-7-5-12/h8-10,12H,4-7H2,1-3H3,(H,20,21,22). The van der Waals surface area contributed by atoms with E-state index >= 15 is 0 Å². The Bertz CT molecular complexity index is 1240. The third-order valence-corrected chi connectivity index (χ3v) is 6.08. The van der Waals surface area contributed by atoms with Crippen LogP contribution in [0.15, 0.2) is 28.3 Å². The maximum atomic E-state index is 12.8. The highest BCUT2D eigenvalue weighted by Crippen LogP contribution is 2.25. The van der Waals surface area contributed by atoms with Crippen LogP contribution >= 0.6 is 0 Å². The number of hydrogen-bond acceptors (Lipinski definition) is 8. The first kappa shape index (κ1) is 19.5. The molecule has 1 N–H and O–H groups in total. The maximum Gasteiger partial charge on any atom is 0.330 e. The van der Waals surface area contributed by atoms with Gasteiger partial charge < -0.3 is 10.1 Å². The van der Waals surface area contributed by atoms with Crippen LogP contribution in [-0.4, -0.2) is 52.0 Å². The fourth-order valence-corrected chi connectivity index (χ4v) is 4.09. The van der Waals surface area contributed by atoms with Crippen molar-refractivity contribution in [2.24, 2.45) is 7.05 Å². The molecule has 0 unspecified atom stereocenters. The molecule has 0 amide bonds. The molecule has 0 atom stereocenters.